The minimum absolute atomic E-state index is 0.125. The van der Waals surface area contributed by atoms with Crippen molar-refractivity contribution in [3.63, 3.8) is 0 Å². The van der Waals surface area contributed by atoms with E-state index in [-0.39, 0.29) is 5.97 Å². The van der Waals surface area contributed by atoms with Gasteiger partial charge in [-0.2, -0.15) is 0 Å². The molecule has 0 aliphatic heterocycles. The first-order valence-corrected chi connectivity index (χ1v) is 13.2. The van der Waals surface area contributed by atoms with Gasteiger partial charge in [-0.3, -0.25) is 4.79 Å². The molecule has 0 amide bonds. The second-order valence-corrected chi connectivity index (χ2v) is 9.12. The first kappa shape index (κ1) is 25.3. The second-order valence-electron chi connectivity index (χ2n) is 9.12. The minimum Gasteiger partial charge on any atom is -0.494 e. The lowest BCUT2D eigenvalue weighted by atomic mass is 10.1. The van der Waals surface area contributed by atoms with Crippen LogP contribution >= 0.6 is 0 Å². The number of hydrogen-bond donors (Lipinski definition) is 0. The standard InChI is InChI=1S/C33H31NO4/c1-2-36-30(35)16-10-5-11-21-37-29-20-19-26-22-28(18-17-27(26)23-29)33-34-31(24-12-6-3-7-13-24)32(38-33)25-14-8-4-9-15-25/h3-4,6-9,12-15,17-20,22-23H,2,5,10-11,16,21H2,1H3. The predicted molar refractivity (Wildman–Crippen MR) is 151 cm³/mol. The quantitative estimate of drug-likeness (QED) is 0.133. The van der Waals surface area contributed by atoms with Crippen molar-refractivity contribution >= 4 is 16.7 Å². The first-order chi connectivity index (χ1) is 18.7. The van der Waals surface area contributed by atoms with Crippen LogP contribution in [0.1, 0.15) is 32.6 Å². The molecule has 0 aliphatic rings. The molecule has 0 fully saturated rings. The van der Waals surface area contributed by atoms with Gasteiger partial charge >= 0.3 is 5.97 Å². The molecule has 1 aromatic heterocycles. The Bertz CT molecular complexity index is 1440. The lowest BCUT2D eigenvalue weighted by Crippen LogP contribution is -2.04. The summed E-state index contributed by atoms with van der Waals surface area (Å²) in [5.41, 5.74) is 3.77. The van der Waals surface area contributed by atoms with Crippen LogP contribution in [-0.2, 0) is 9.53 Å². The van der Waals surface area contributed by atoms with Crippen LogP contribution in [-0.4, -0.2) is 24.2 Å². The van der Waals surface area contributed by atoms with E-state index < -0.39 is 0 Å². The molecule has 0 atom stereocenters. The number of benzene rings is 4. The summed E-state index contributed by atoms with van der Waals surface area (Å²) in [4.78, 5) is 16.3. The lowest BCUT2D eigenvalue weighted by molar-refractivity contribution is -0.143. The van der Waals surface area contributed by atoms with Crippen LogP contribution in [0.5, 0.6) is 5.75 Å². The fourth-order valence-electron chi connectivity index (χ4n) is 4.44. The Kier molecular flexibility index (Phi) is 8.14. The van der Waals surface area contributed by atoms with Crippen LogP contribution in [0.15, 0.2) is 101 Å². The molecule has 5 rings (SSSR count). The number of hydrogen-bond acceptors (Lipinski definition) is 5. The number of rotatable bonds is 11. The molecule has 0 spiro atoms. The topological polar surface area (TPSA) is 61.6 Å². The molecule has 38 heavy (non-hydrogen) atoms. The highest BCUT2D eigenvalue weighted by atomic mass is 16.5. The van der Waals surface area contributed by atoms with E-state index >= 15 is 0 Å². The van der Waals surface area contributed by atoms with Crippen molar-refractivity contribution < 1.29 is 18.7 Å². The molecule has 0 saturated carbocycles. The van der Waals surface area contributed by atoms with E-state index in [1.165, 1.54) is 0 Å². The molecule has 0 bridgehead atoms. The van der Waals surface area contributed by atoms with E-state index in [2.05, 4.69) is 36.4 Å². The molecule has 5 heteroatoms. The van der Waals surface area contributed by atoms with E-state index in [9.17, 15) is 4.79 Å². The van der Waals surface area contributed by atoms with Gasteiger partial charge in [-0.05, 0) is 61.2 Å². The number of unbranched alkanes of at least 4 members (excludes halogenated alkanes) is 2. The lowest BCUT2D eigenvalue weighted by Gasteiger charge is -2.08. The first-order valence-electron chi connectivity index (χ1n) is 13.2. The summed E-state index contributed by atoms with van der Waals surface area (Å²) in [5, 5.41) is 2.18. The third-order valence-electron chi connectivity index (χ3n) is 6.37. The summed E-state index contributed by atoms with van der Waals surface area (Å²) in [6.45, 7) is 2.88. The fraction of sp³-hybridized carbons (Fsp3) is 0.212. The maximum absolute atomic E-state index is 11.4. The van der Waals surface area contributed by atoms with Crippen molar-refractivity contribution in [3.8, 4) is 39.8 Å². The van der Waals surface area contributed by atoms with Crippen molar-refractivity contribution in [1.29, 1.82) is 0 Å². The number of nitrogens with zero attached hydrogens (tertiary/aromatic N) is 1. The zero-order valence-electron chi connectivity index (χ0n) is 21.6. The van der Waals surface area contributed by atoms with Crippen molar-refractivity contribution in [3.05, 3.63) is 97.1 Å². The molecular weight excluding hydrogens is 474 g/mol. The van der Waals surface area contributed by atoms with Gasteiger partial charge in [-0.25, -0.2) is 4.98 Å². The number of fused-ring (bicyclic) bond motifs is 1. The summed E-state index contributed by atoms with van der Waals surface area (Å²) >= 11 is 0. The Morgan fingerprint density at radius 1 is 0.763 bits per heavy atom. The SMILES string of the molecule is CCOC(=O)CCCCCOc1ccc2cc(-c3nc(-c4ccccc4)c(-c4ccccc4)o3)ccc2c1. The largest absolute Gasteiger partial charge is 0.494 e. The van der Waals surface area contributed by atoms with Gasteiger partial charge < -0.3 is 13.9 Å². The third-order valence-corrected chi connectivity index (χ3v) is 6.37. The number of carbonyl (C=O) groups is 1. The van der Waals surface area contributed by atoms with Gasteiger partial charge in [0.1, 0.15) is 11.4 Å². The summed E-state index contributed by atoms with van der Waals surface area (Å²) in [6.07, 6.45) is 3.12. The van der Waals surface area contributed by atoms with E-state index in [0.29, 0.717) is 25.5 Å². The Morgan fingerprint density at radius 2 is 1.47 bits per heavy atom. The van der Waals surface area contributed by atoms with Crippen molar-refractivity contribution in [2.75, 3.05) is 13.2 Å². The fourth-order valence-corrected chi connectivity index (χ4v) is 4.44. The van der Waals surface area contributed by atoms with E-state index in [1.54, 1.807) is 0 Å². The van der Waals surface area contributed by atoms with E-state index in [0.717, 1.165) is 63.9 Å². The Balaban J connectivity index is 1.30. The highest BCUT2D eigenvalue weighted by Crippen LogP contribution is 2.36. The molecule has 0 unspecified atom stereocenters. The van der Waals surface area contributed by atoms with Gasteiger partial charge in [0, 0.05) is 23.1 Å². The second kappa shape index (κ2) is 12.2. The van der Waals surface area contributed by atoms with E-state index in [1.807, 2.05) is 67.6 Å². The van der Waals surface area contributed by atoms with Crippen LogP contribution in [0.3, 0.4) is 0 Å². The highest BCUT2D eigenvalue weighted by Gasteiger charge is 2.18. The molecule has 192 valence electrons. The van der Waals surface area contributed by atoms with E-state index in [4.69, 9.17) is 18.9 Å². The molecule has 4 aromatic carbocycles. The van der Waals surface area contributed by atoms with Gasteiger partial charge in [0.15, 0.2) is 5.76 Å². The normalized spacial score (nSPS) is 11.0. The third kappa shape index (κ3) is 6.12. The van der Waals surface area contributed by atoms with Gasteiger partial charge in [-0.1, -0.05) is 72.8 Å². The summed E-state index contributed by atoms with van der Waals surface area (Å²) in [5.74, 6) is 2.06. The highest BCUT2D eigenvalue weighted by molar-refractivity contribution is 5.88. The molecule has 5 nitrogen and oxygen atoms in total. The average Bonchev–Trinajstić information content (AvgIpc) is 3.41. The summed E-state index contributed by atoms with van der Waals surface area (Å²) < 4.78 is 17.3. The number of aromatic nitrogens is 1. The average molecular weight is 506 g/mol. The van der Waals surface area contributed by atoms with Crippen molar-refractivity contribution in [1.82, 2.24) is 4.98 Å². The van der Waals surface area contributed by atoms with Gasteiger partial charge in [0.25, 0.3) is 0 Å². The van der Waals surface area contributed by atoms with Crippen molar-refractivity contribution in [2.24, 2.45) is 0 Å². The molecule has 0 saturated heterocycles. The number of oxazole rings is 1. The maximum atomic E-state index is 11.4. The van der Waals surface area contributed by atoms with Gasteiger partial charge in [0.05, 0.1) is 13.2 Å². The molecule has 0 radical (unpaired) electrons. The zero-order valence-corrected chi connectivity index (χ0v) is 21.6. The smallest absolute Gasteiger partial charge is 0.305 e. The predicted octanol–water partition coefficient (Wildman–Crippen LogP) is 8.33. The van der Waals surface area contributed by atoms with Gasteiger partial charge in [-0.15, -0.1) is 0 Å². The van der Waals surface area contributed by atoms with Gasteiger partial charge in [0.2, 0.25) is 5.89 Å². The van der Waals surface area contributed by atoms with Crippen LogP contribution < -0.4 is 4.74 Å². The Morgan fingerprint density at radius 3 is 2.24 bits per heavy atom. The molecule has 1 heterocycles. The van der Waals surface area contributed by atoms with Crippen molar-refractivity contribution in [2.45, 2.75) is 32.6 Å². The minimum atomic E-state index is -0.125. The van der Waals surface area contributed by atoms with Crippen LogP contribution in [0.2, 0.25) is 0 Å². The molecule has 0 aliphatic carbocycles. The molecular formula is C33H31NO4. The summed E-state index contributed by atoms with van der Waals surface area (Å²) in [7, 11) is 0. The number of esters is 1. The zero-order chi connectivity index (χ0) is 26.2. The maximum Gasteiger partial charge on any atom is 0.305 e. The number of ether oxygens (including phenoxy) is 2. The molecule has 5 aromatic rings. The number of carbonyl (C=O) groups excluding carboxylic acids is 1. The summed E-state index contributed by atoms with van der Waals surface area (Å²) in [6, 6.07) is 32.5. The molecule has 0 N–H and O–H groups in total. The van der Waals surface area contributed by atoms with Crippen LogP contribution in [0, 0.1) is 0 Å². The Labute approximate surface area is 223 Å². The monoisotopic (exact) mass is 505 g/mol. The van der Waals surface area contributed by atoms with Crippen LogP contribution in [0.4, 0.5) is 0 Å². The Hall–Kier alpha value is -4.38. The van der Waals surface area contributed by atoms with Crippen LogP contribution in [0.25, 0.3) is 44.8 Å².